The Hall–Kier alpha value is -1.85. The number of nitrogens with one attached hydrogen (secondary N) is 1. The standard InChI is InChI=1S/C9H14N4O2/c1-6-5-7(13-9(10)12-6)11-4-3-8(14)15-2/h5H,3-4H2,1-2H3,(H3,10,11,12,13). The lowest BCUT2D eigenvalue weighted by atomic mass is 10.4. The van der Waals surface area contributed by atoms with Gasteiger partial charge in [0.1, 0.15) is 5.82 Å². The first-order valence-corrected chi connectivity index (χ1v) is 4.53. The zero-order valence-electron chi connectivity index (χ0n) is 8.78. The van der Waals surface area contributed by atoms with Crippen molar-refractivity contribution in [2.24, 2.45) is 0 Å². The minimum Gasteiger partial charge on any atom is -0.469 e. The molecule has 1 aromatic rings. The van der Waals surface area contributed by atoms with E-state index in [9.17, 15) is 4.79 Å². The van der Waals surface area contributed by atoms with E-state index in [1.807, 2.05) is 6.92 Å². The van der Waals surface area contributed by atoms with Crippen molar-refractivity contribution in [1.82, 2.24) is 9.97 Å². The predicted octanol–water partition coefficient (Wildman–Crippen LogP) is 0.342. The second kappa shape index (κ2) is 5.14. The number of anilines is 2. The number of ether oxygens (including phenoxy) is 1. The number of carbonyl (C=O) groups is 1. The van der Waals surface area contributed by atoms with Crippen LogP contribution in [0, 0.1) is 6.92 Å². The Kier molecular flexibility index (Phi) is 3.84. The van der Waals surface area contributed by atoms with E-state index in [2.05, 4.69) is 20.0 Å². The molecule has 6 nitrogen and oxygen atoms in total. The summed E-state index contributed by atoms with van der Waals surface area (Å²) in [6.45, 7) is 2.28. The monoisotopic (exact) mass is 210 g/mol. The molecular weight excluding hydrogens is 196 g/mol. The normalized spacial score (nSPS) is 9.73. The summed E-state index contributed by atoms with van der Waals surface area (Å²) < 4.78 is 4.50. The van der Waals surface area contributed by atoms with Gasteiger partial charge in [-0.2, -0.15) is 4.98 Å². The van der Waals surface area contributed by atoms with E-state index < -0.39 is 0 Å². The highest BCUT2D eigenvalue weighted by molar-refractivity contribution is 5.69. The number of nitrogens with zero attached hydrogens (tertiary/aromatic N) is 2. The van der Waals surface area contributed by atoms with Crippen molar-refractivity contribution in [1.29, 1.82) is 0 Å². The number of methoxy groups -OCH3 is 1. The van der Waals surface area contributed by atoms with Gasteiger partial charge in [0, 0.05) is 18.3 Å². The molecule has 3 N–H and O–H groups in total. The van der Waals surface area contributed by atoms with Crippen LogP contribution in [0.4, 0.5) is 11.8 Å². The topological polar surface area (TPSA) is 90.1 Å². The van der Waals surface area contributed by atoms with Crippen LogP contribution < -0.4 is 11.1 Å². The van der Waals surface area contributed by atoms with Gasteiger partial charge in [-0.3, -0.25) is 4.79 Å². The smallest absolute Gasteiger partial charge is 0.307 e. The lowest BCUT2D eigenvalue weighted by molar-refractivity contribution is -0.140. The van der Waals surface area contributed by atoms with Crippen molar-refractivity contribution in [2.75, 3.05) is 24.7 Å². The van der Waals surface area contributed by atoms with E-state index in [-0.39, 0.29) is 11.9 Å². The molecule has 0 aliphatic heterocycles. The Bertz CT molecular complexity index is 334. The molecule has 1 rings (SSSR count). The fraction of sp³-hybridized carbons (Fsp3) is 0.444. The molecule has 0 aliphatic carbocycles. The Balaban J connectivity index is 2.47. The van der Waals surface area contributed by atoms with Crippen LogP contribution in [0.25, 0.3) is 0 Å². The van der Waals surface area contributed by atoms with Gasteiger partial charge in [-0.15, -0.1) is 0 Å². The molecule has 15 heavy (non-hydrogen) atoms. The largest absolute Gasteiger partial charge is 0.469 e. The molecule has 1 aromatic heterocycles. The molecule has 0 saturated carbocycles. The maximum absolute atomic E-state index is 10.8. The van der Waals surface area contributed by atoms with Crippen molar-refractivity contribution in [2.45, 2.75) is 13.3 Å². The zero-order valence-corrected chi connectivity index (χ0v) is 8.78. The molecule has 0 saturated heterocycles. The minimum atomic E-state index is -0.263. The first kappa shape index (κ1) is 11.2. The summed E-state index contributed by atoms with van der Waals surface area (Å²) >= 11 is 0. The first-order chi connectivity index (χ1) is 7.11. The van der Waals surface area contributed by atoms with Gasteiger partial charge in [-0.25, -0.2) is 4.98 Å². The van der Waals surface area contributed by atoms with E-state index in [4.69, 9.17) is 5.73 Å². The molecule has 0 bridgehead atoms. The van der Waals surface area contributed by atoms with Gasteiger partial charge in [0.25, 0.3) is 0 Å². The maximum atomic E-state index is 10.8. The number of hydrogen-bond donors (Lipinski definition) is 2. The van der Waals surface area contributed by atoms with E-state index in [0.29, 0.717) is 18.8 Å². The molecule has 0 aromatic carbocycles. The van der Waals surface area contributed by atoms with E-state index in [1.165, 1.54) is 7.11 Å². The minimum absolute atomic E-state index is 0.218. The summed E-state index contributed by atoms with van der Waals surface area (Å²) in [4.78, 5) is 18.7. The molecule has 0 unspecified atom stereocenters. The zero-order chi connectivity index (χ0) is 11.3. The van der Waals surface area contributed by atoms with Crippen LogP contribution in [-0.2, 0) is 9.53 Å². The van der Waals surface area contributed by atoms with Gasteiger partial charge in [0.15, 0.2) is 0 Å². The average molecular weight is 210 g/mol. The SMILES string of the molecule is COC(=O)CCNc1cc(C)nc(N)n1. The number of rotatable bonds is 4. The number of nitrogen functional groups attached to an aromatic ring is 1. The molecule has 0 amide bonds. The summed E-state index contributed by atoms with van der Waals surface area (Å²) in [6, 6.07) is 1.76. The highest BCUT2D eigenvalue weighted by Gasteiger charge is 2.01. The van der Waals surface area contributed by atoms with E-state index >= 15 is 0 Å². The molecule has 0 aliphatic rings. The third-order valence-electron chi connectivity index (χ3n) is 1.73. The predicted molar refractivity (Wildman–Crippen MR) is 56.3 cm³/mol. The van der Waals surface area contributed by atoms with Gasteiger partial charge >= 0.3 is 5.97 Å². The van der Waals surface area contributed by atoms with Crippen molar-refractivity contribution in [3.63, 3.8) is 0 Å². The van der Waals surface area contributed by atoms with Gasteiger partial charge in [-0.05, 0) is 6.92 Å². The number of aryl methyl sites for hydroxylation is 1. The number of aromatic nitrogens is 2. The Morgan fingerprint density at radius 1 is 1.60 bits per heavy atom. The van der Waals surface area contributed by atoms with E-state index in [1.54, 1.807) is 6.07 Å². The summed E-state index contributed by atoms with van der Waals surface area (Å²) in [5.41, 5.74) is 6.24. The van der Waals surface area contributed by atoms with Crippen LogP contribution in [0.15, 0.2) is 6.07 Å². The highest BCUT2D eigenvalue weighted by atomic mass is 16.5. The third kappa shape index (κ3) is 3.80. The molecule has 0 spiro atoms. The molecule has 6 heteroatoms. The van der Waals surface area contributed by atoms with Crippen molar-refractivity contribution < 1.29 is 9.53 Å². The molecule has 1 heterocycles. The Labute approximate surface area is 87.9 Å². The first-order valence-electron chi connectivity index (χ1n) is 4.53. The summed E-state index contributed by atoms with van der Waals surface area (Å²) in [5, 5.41) is 2.96. The number of nitrogens with two attached hydrogens (primary N) is 1. The molecule has 0 fully saturated rings. The number of hydrogen-bond acceptors (Lipinski definition) is 6. The fourth-order valence-corrected chi connectivity index (χ4v) is 1.08. The molecule has 82 valence electrons. The van der Waals surface area contributed by atoms with Crippen LogP contribution in [-0.4, -0.2) is 29.6 Å². The second-order valence-corrected chi connectivity index (χ2v) is 3.01. The Morgan fingerprint density at radius 3 is 2.93 bits per heavy atom. The van der Waals surface area contributed by atoms with Crippen LogP contribution in [0.1, 0.15) is 12.1 Å². The van der Waals surface area contributed by atoms with Gasteiger partial charge in [0.2, 0.25) is 5.95 Å². The molecule has 0 atom stereocenters. The summed E-state index contributed by atoms with van der Waals surface area (Å²) in [6.07, 6.45) is 0.291. The molecule has 0 radical (unpaired) electrons. The quantitative estimate of drug-likeness (QED) is 0.696. The highest BCUT2D eigenvalue weighted by Crippen LogP contribution is 2.06. The summed E-state index contributed by atoms with van der Waals surface area (Å²) in [7, 11) is 1.36. The second-order valence-electron chi connectivity index (χ2n) is 3.01. The van der Waals surface area contributed by atoms with Gasteiger partial charge in [-0.1, -0.05) is 0 Å². The van der Waals surface area contributed by atoms with Gasteiger partial charge < -0.3 is 15.8 Å². The fourth-order valence-electron chi connectivity index (χ4n) is 1.08. The van der Waals surface area contributed by atoms with E-state index in [0.717, 1.165) is 5.69 Å². The third-order valence-corrected chi connectivity index (χ3v) is 1.73. The lowest BCUT2D eigenvalue weighted by Gasteiger charge is -2.05. The average Bonchev–Trinajstić information content (AvgIpc) is 2.16. The lowest BCUT2D eigenvalue weighted by Crippen LogP contribution is -2.11. The maximum Gasteiger partial charge on any atom is 0.307 e. The van der Waals surface area contributed by atoms with Crippen LogP contribution >= 0.6 is 0 Å². The van der Waals surface area contributed by atoms with Crippen molar-refractivity contribution in [3.8, 4) is 0 Å². The van der Waals surface area contributed by atoms with Crippen LogP contribution in [0.5, 0.6) is 0 Å². The van der Waals surface area contributed by atoms with Gasteiger partial charge in [0.05, 0.1) is 13.5 Å². The Morgan fingerprint density at radius 2 is 2.33 bits per heavy atom. The molecular formula is C9H14N4O2. The van der Waals surface area contributed by atoms with Crippen LogP contribution in [0.3, 0.4) is 0 Å². The van der Waals surface area contributed by atoms with Crippen molar-refractivity contribution >= 4 is 17.7 Å². The van der Waals surface area contributed by atoms with Crippen LogP contribution in [0.2, 0.25) is 0 Å². The number of carbonyl (C=O) groups excluding carboxylic acids is 1. The number of esters is 1. The summed E-state index contributed by atoms with van der Waals surface area (Å²) in [5.74, 6) is 0.570. The van der Waals surface area contributed by atoms with Crippen molar-refractivity contribution in [3.05, 3.63) is 11.8 Å².